The summed E-state index contributed by atoms with van der Waals surface area (Å²) < 4.78 is 7.99. The average Bonchev–Trinajstić information content (AvgIpc) is 3.01. The largest absolute Gasteiger partial charge is 0.370 e. The maximum atomic E-state index is 6.08. The molecule has 1 aliphatic rings. The lowest BCUT2D eigenvalue weighted by Gasteiger charge is -2.21. The number of fused-ring (bicyclic) bond motifs is 1. The first-order chi connectivity index (χ1) is 16.3. The second kappa shape index (κ2) is 10.3. The molecule has 1 aliphatic heterocycles. The number of aromatic nitrogens is 4. The van der Waals surface area contributed by atoms with E-state index in [1.165, 1.54) is 25.7 Å². The Hall–Kier alpha value is -2.96. The first kappa shape index (κ1) is 21.9. The first-order valence-corrected chi connectivity index (χ1v) is 12.0. The molecule has 7 heteroatoms. The van der Waals surface area contributed by atoms with E-state index >= 15 is 0 Å². The lowest BCUT2D eigenvalue weighted by molar-refractivity contribution is 0.105. The maximum absolute atomic E-state index is 6.08. The van der Waals surface area contributed by atoms with Crippen LogP contribution in [0, 0.1) is 0 Å². The van der Waals surface area contributed by atoms with E-state index in [-0.39, 0.29) is 0 Å². The van der Waals surface area contributed by atoms with Crippen molar-refractivity contribution >= 4 is 28.5 Å². The highest BCUT2D eigenvalue weighted by molar-refractivity contribution is 6.30. The van der Waals surface area contributed by atoms with Crippen molar-refractivity contribution in [1.29, 1.82) is 0 Å². The number of hydrogen-bond donors (Lipinski definition) is 0. The molecule has 1 fully saturated rings. The molecule has 4 aromatic rings. The Morgan fingerprint density at radius 1 is 0.818 bits per heavy atom. The summed E-state index contributed by atoms with van der Waals surface area (Å²) in [6.45, 7) is 3.70. The quantitative estimate of drug-likeness (QED) is 0.357. The molecule has 0 N–H and O–H groups in total. The van der Waals surface area contributed by atoms with E-state index < -0.39 is 0 Å². The third-order valence-corrected chi connectivity index (χ3v) is 6.34. The summed E-state index contributed by atoms with van der Waals surface area (Å²) in [4.78, 5) is 11.5. The van der Waals surface area contributed by atoms with Gasteiger partial charge in [0.1, 0.15) is 5.82 Å². The molecule has 0 amide bonds. The van der Waals surface area contributed by atoms with Crippen LogP contribution < -0.4 is 4.90 Å². The van der Waals surface area contributed by atoms with Crippen LogP contribution in [-0.2, 0) is 24.5 Å². The van der Waals surface area contributed by atoms with Crippen LogP contribution in [-0.4, -0.2) is 32.8 Å². The number of pyridine rings is 2. The van der Waals surface area contributed by atoms with Gasteiger partial charge in [0.15, 0.2) is 5.65 Å². The molecule has 0 aliphatic carbocycles. The highest BCUT2D eigenvalue weighted by Gasteiger charge is 2.17. The molecule has 170 valence electrons. The fourth-order valence-corrected chi connectivity index (χ4v) is 4.43. The fraction of sp³-hybridized carbons (Fsp3) is 0.346. The standard InChI is InChI=1S/C26H28ClN5O/c27-22-7-5-20(6-8-22)17-32-26-23(9-10-25(29-26)31-15-3-1-2-4-16-31)24(30-32)19-33-18-21-11-13-28-14-12-21/h5-14H,1-4,15-19H2. The van der Waals surface area contributed by atoms with Gasteiger partial charge in [0, 0.05) is 35.9 Å². The molecule has 33 heavy (non-hydrogen) atoms. The van der Waals surface area contributed by atoms with Crippen molar-refractivity contribution in [3.63, 3.8) is 0 Å². The van der Waals surface area contributed by atoms with Gasteiger partial charge in [-0.3, -0.25) is 4.98 Å². The normalized spacial score (nSPS) is 14.5. The molecule has 0 unspecified atom stereocenters. The summed E-state index contributed by atoms with van der Waals surface area (Å²) in [6.07, 6.45) is 8.60. The first-order valence-electron chi connectivity index (χ1n) is 11.6. The van der Waals surface area contributed by atoms with E-state index in [9.17, 15) is 0 Å². The van der Waals surface area contributed by atoms with Gasteiger partial charge in [-0.2, -0.15) is 5.10 Å². The molecule has 1 saturated heterocycles. The predicted octanol–water partition coefficient (Wildman–Crippen LogP) is 5.63. The average molecular weight is 462 g/mol. The second-order valence-corrected chi connectivity index (χ2v) is 8.96. The number of anilines is 1. The van der Waals surface area contributed by atoms with Gasteiger partial charge < -0.3 is 9.64 Å². The van der Waals surface area contributed by atoms with E-state index in [2.05, 4.69) is 22.0 Å². The van der Waals surface area contributed by atoms with E-state index in [4.69, 9.17) is 26.4 Å². The minimum absolute atomic E-state index is 0.428. The summed E-state index contributed by atoms with van der Waals surface area (Å²) in [6, 6.07) is 16.1. The zero-order chi connectivity index (χ0) is 22.5. The van der Waals surface area contributed by atoms with Crippen molar-refractivity contribution < 1.29 is 4.74 Å². The molecular weight excluding hydrogens is 434 g/mol. The van der Waals surface area contributed by atoms with Crippen molar-refractivity contribution in [2.75, 3.05) is 18.0 Å². The molecule has 0 atom stereocenters. The summed E-state index contributed by atoms with van der Waals surface area (Å²) in [5, 5.41) is 6.68. The molecule has 4 heterocycles. The van der Waals surface area contributed by atoms with Gasteiger partial charge in [-0.15, -0.1) is 0 Å². The third kappa shape index (κ3) is 5.34. The van der Waals surface area contributed by atoms with Crippen molar-refractivity contribution in [3.8, 4) is 0 Å². The molecule has 0 bridgehead atoms. The third-order valence-electron chi connectivity index (χ3n) is 6.09. The number of benzene rings is 1. The molecule has 6 nitrogen and oxygen atoms in total. The van der Waals surface area contributed by atoms with E-state index in [1.54, 1.807) is 12.4 Å². The van der Waals surface area contributed by atoms with Crippen LogP contribution in [0.4, 0.5) is 5.82 Å². The van der Waals surface area contributed by atoms with Crippen molar-refractivity contribution in [3.05, 3.63) is 82.8 Å². The van der Waals surface area contributed by atoms with Gasteiger partial charge >= 0.3 is 0 Å². The smallest absolute Gasteiger partial charge is 0.160 e. The van der Waals surface area contributed by atoms with Crippen LogP contribution in [0.5, 0.6) is 0 Å². The molecule has 0 spiro atoms. The lowest BCUT2D eigenvalue weighted by atomic mass is 10.2. The van der Waals surface area contributed by atoms with E-state index in [0.29, 0.717) is 19.8 Å². The van der Waals surface area contributed by atoms with Crippen molar-refractivity contribution in [1.82, 2.24) is 19.7 Å². The van der Waals surface area contributed by atoms with Crippen LogP contribution >= 0.6 is 11.6 Å². The Bertz CT molecular complexity index is 1180. The highest BCUT2D eigenvalue weighted by Crippen LogP contribution is 2.25. The molecule has 0 radical (unpaired) electrons. The number of hydrogen-bond acceptors (Lipinski definition) is 5. The van der Waals surface area contributed by atoms with Gasteiger partial charge in [-0.25, -0.2) is 9.67 Å². The molecular formula is C26H28ClN5O. The number of rotatable bonds is 7. The van der Waals surface area contributed by atoms with Crippen LogP contribution in [0.2, 0.25) is 5.02 Å². The summed E-state index contributed by atoms with van der Waals surface area (Å²) in [7, 11) is 0. The topological polar surface area (TPSA) is 56.1 Å². The van der Waals surface area contributed by atoms with Gasteiger partial charge in [-0.1, -0.05) is 36.6 Å². The molecule has 5 rings (SSSR count). The van der Waals surface area contributed by atoms with Crippen LogP contribution in [0.25, 0.3) is 11.0 Å². The summed E-state index contributed by atoms with van der Waals surface area (Å²) >= 11 is 6.08. The molecule has 0 saturated carbocycles. The van der Waals surface area contributed by atoms with Crippen molar-refractivity contribution in [2.24, 2.45) is 0 Å². The monoisotopic (exact) mass is 461 g/mol. The van der Waals surface area contributed by atoms with Crippen LogP contribution in [0.3, 0.4) is 0 Å². The minimum atomic E-state index is 0.428. The van der Waals surface area contributed by atoms with Crippen molar-refractivity contribution in [2.45, 2.75) is 45.4 Å². The summed E-state index contributed by atoms with van der Waals surface area (Å²) in [5.41, 5.74) is 4.03. The van der Waals surface area contributed by atoms with Gasteiger partial charge in [-0.05, 0) is 60.4 Å². The number of halogens is 1. The Balaban J connectivity index is 1.43. The van der Waals surface area contributed by atoms with E-state index in [1.807, 2.05) is 41.1 Å². The Labute approximate surface area is 199 Å². The second-order valence-electron chi connectivity index (χ2n) is 8.52. The zero-order valence-corrected chi connectivity index (χ0v) is 19.4. The van der Waals surface area contributed by atoms with Gasteiger partial charge in [0.2, 0.25) is 0 Å². The number of nitrogens with zero attached hydrogens (tertiary/aromatic N) is 5. The maximum Gasteiger partial charge on any atom is 0.160 e. The Morgan fingerprint density at radius 2 is 1.58 bits per heavy atom. The van der Waals surface area contributed by atoms with E-state index in [0.717, 1.165) is 51.8 Å². The lowest BCUT2D eigenvalue weighted by Crippen LogP contribution is -2.24. The minimum Gasteiger partial charge on any atom is -0.370 e. The summed E-state index contributed by atoms with van der Waals surface area (Å²) in [5.74, 6) is 1.03. The molecule has 1 aromatic carbocycles. The highest BCUT2D eigenvalue weighted by atomic mass is 35.5. The predicted molar refractivity (Wildman–Crippen MR) is 131 cm³/mol. The zero-order valence-electron chi connectivity index (χ0n) is 18.7. The Morgan fingerprint density at radius 3 is 2.33 bits per heavy atom. The van der Waals surface area contributed by atoms with Gasteiger partial charge in [0.05, 0.1) is 25.5 Å². The van der Waals surface area contributed by atoms with Crippen LogP contribution in [0.15, 0.2) is 60.9 Å². The van der Waals surface area contributed by atoms with Gasteiger partial charge in [0.25, 0.3) is 0 Å². The van der Waals surface area contributed by atoms with Crippen LogP contribution in [0.1, 0.15) is 42.5 Å². The fourth-order valence-electron chi connectivity index (χ4n) is 4.31. The SMILES string of the molecule is Clc1ccc(Cn2nc(COCc3ccncc3)c3ccc(N4CCCCCC4)nc32)cc1. The molecule has 3 aromatic heterocycles. The number of ether oxygens (including phenoxy) is 1. The Kier molecular flexibility index (Phi) is 6.84.